The van der Waals surface area contributed by atoms with Gasteiger partial charge in [-0.3, -0.25) is 0 Å². The molecule has 0 fully saturated rings. The standard InChI is InChI=1S/C18H18N2O5/c1-3-22-18(21)15-10(2)25-17(20)12(9-19)16(15)11-4-5-13-14(8-11)24-7-6-23-13/h4-5,8,16H,3,6-7,20H2,1-2H3. The number of benzene rings is 1. The molecule has 0 radical (unpaired) electrons. The molecule has 25 heavy (non-hydrogen) atoms. The minimum atomic E-state index is -0.686. The molecule has 0 saturated carbocycles. The van der Waals surface area contributed by atoms with E-state index in [0.717, 1.165) is 0 Å². The number of nitrogens with two attached hydrogens (primary N) is 1. The van der Waals surface area contributed by atoms with Crippen molar-refractivity contribution in [1.29, 1.82) is 5.26 Å². The first kappa shape index (κ1) is 16.7. The molecule has 7 nitrogen and oxygen atoms in total. The van der Waals surface area contributed by atoms with Crippen LogP contribution in [-0.2, 0) is 14.3 Å². The Labute approximate surface area is 145 Å². The van der Waals surface area contributed by atoms with Gasteiger partial charge in [0, 0.05) is 0 Å². The smallest absolute Gasteiger partial charge is 0.338 e. The zero-order chi connectivity index (χ0) is 18.0. The normalized spacial score (nSPS) is 19.2. The van der Waals surface area contributed by atoms with Crippen molar-refractivity contribution >= 4 is 5.97 Å². The SMILES string of the molecule is CCOC(=O)C1=C(C)OC(N)=C(C#N)C1c1ccc2c(c1)OCCO2. The highest BCUT2D eigenvalue weighted by Crippen LogP contribution is 2.42. The summed E-state index contributed by atoms with van der Waals surface area (Å²) in [6.45, 7) is 4.47. The fourth-order valence-electron chi connectivity index (χ4n) is 2.93. The van der Waals surface area contributed by atoms with Gasteiger partial charge in [-0.2, -0.15) is 5.26 Å². The van der Waals surface area contributed by atoms with Gasteiger partial charge in [0.05, 0.1) is 18.1 Å². The van der Waals surface area contributed by atoms with E-state index < -0.39 is 11.9 Å². The summed E-state index contributed by atoms with van der Waals surface area (Å²) in [6.07, 6.45) is 0. The highest BCUT2D eigenvalue weighted by molar-refractivity contribution is 5.92. The minimum absolute atomic E-state index is 0.0204. The number of allylic oxidation sites excluding steroid dienone is 2. The van der Waals surface area contributed by atoms with Crippen molar-refractivity contribution in [2.24, 2.45) is 5.73 Å². The maximum Gasteiger partial charge on any atom is 0.338 e. The predicted octanol–water partition coefficient (Wildman–Crippen LogP) is 2.10. The van der Waals surface area contributed by atoms with Crippen LogP contribution in [0, 0.1) is 11.3 Å². The Morgan fingerprint density at radius 1 is 1.36 bits per heavy atom. The Balaban J connectivity index is 2.12. The predicted molar refractivity (Wildman–Crippen MR) is 87.4 cm³/mol. The number of carbonyl (C=O) groups excluding carboxylic acids is 1. The Morgan fingerprint density at radius 2 is 2.08 bits per heavy atom. The summed E-state index contributed by atoms with van der Waals surface area (Å²) in [7, 11) is 0. The van der Waals surface area contributed by atoms with Crippen molar-refractivity contribution in [3.63, 3.8) is 0 Å². The fraction of sp³-hybridized carbons (Fsp3) is 0.333. The molecular formula is C18H18N2O5. The van der Waals surface area contributed by atoms with Gasteiger partial charge >= 0.3 is 5.97 Å². The average Bonchev–Trinajstić information content (AvgIpc) is 2.60. The van der Waals surface area contributed by atoms with Crippen LogP contribution < -0.4 is 15.2 Å². The number of fused-ring (bicyclic) bond motifs is 1. The Bertz CT molecular complexity index is 819. The topological polar surface area (TPSA) is 104 Å². The lowest BCUT2D eigenvalue weighted by Crippen LogP contribution is -2.25. The number of esters is 1. The van der Waals surface area contributed by atoms with Gasteiger partial charge in [0.25, 0.3) is 0 Å². The fourth-order valence-corrected chi connectivity index (χ4v) is 2.93. The van der Waals surface area contributed by atoms with Gasteiger partial charge < -0.3 is 24.7 Å². The second-order valence-electron chi connectivity index (χ2n) is 5.52. The van der Waals surface area contributed by atoms with E-state index >= 15 is 0 Å². The third-order valence-corrected chi connectivity index (χ3v) is 4.00. The summed E-state index contributed by atoms with van der Waals surface area (Å²) in [6, 6.07) is 7.33. The molecule has 2 aliphatic heterocycles. The van der Waals surface area contributed by atoms with Gasteiger partial charge in [-0.25, -0.2) is 4.79 Å². The summed E-state index contributed by atoms with van der Waals surface area (Å²) in [5.74, 6) is 0.249. The quantitative estimate of drug-likeness (QED) is 0.839. The third kappa shape index (κ3) is 2.98. The number of ether oxygens (including phenoxy) is 4. The monoisotopic (exact) mass is 342 g/mol. The molecule has 2 heterocycles. The summed E-state index contributed by atoms with van der Waals surface area (Å²) < 4.78 is 21.7. The maximum atomic E-state index is 12.5. The lowest BCUT2D eigenvalue weighted by atomic mass is 9.83. The van der Waals surface area contributed by atoms with Crippen LogP contribution >= 0.6 is 0 Å². The first-order chi connectivity index (χ1) is 12.1. The molecule has 2 N–H and O–H groups in total. The molecule has 0 aliphatic carbocycles. The summed E-state index contributed by atoms with van der Waals surface area (Å²) in [4.78, 5) is 12.5. The molecule has 0 saturated heterocycles. The highest BCUT2D eigenvalue weighted by Gasteiger charge is 2.36. The van der Waals surface area contributed by atoms with E-state index in [1.54, 1.807) is 32.0 Å². The summed E-state index contributed by atoms with van der Waals surface area (Å²) >= 11 is 0. The van der Waals surface area contributed by atoms with Crippen molar-refractivity contribution in [2.45, 2.75) is 19.8 Å². The van der Waals surface area contributed by atoms with E-state index in [2.05, 4.69) is 0 Å². The number of rotatable bonds is 3. The van der Waals surface area contributed by atoms with Crippen LogP contribution in [0.2, 0.25) is 0 Å². The zero-order valence-corrected chi connectivity index (χ0v) is 14.0. The van der Waals surface area contributed by atoms with Gasteiger partial charge in [0.2, 0.25) is 5.88 Å². The molecule has 1 unspecified atom stereocenters. The van der Waals surface area contributed by atoms with Gasteiger partial charge in [-0.1, -0.05) is 6.07 Å². The average molecular weight is 342 g/mol. The van der Waals surface area contributed by atoms with Gasteiger partial charge in [0.15, 0.2) is 11.5 Å². The first-order valence-corrected chi connectivity index (χ1v) is 7.91. The van der Waals surface area contributed by atoms with E-state index in [1.807, 2.05) is 6.07 Å². The van der Waals surface area contributed by atoms with Crippen molar-refractivity contribution in [1.82, 2.24) is 0 Å². The van der Waals surface area contributed by atoms with Crippen LogP contribution in [0.25, 0.3) is 0 Å². The largest absolute Gasteiger partial charge is 0.486 e. The molecule has 3 rings (SSSR count). The lowest BCUT2D eigenvalue weighted by Gasteiger charge is -2.28. The van der Waals surface area contributed by atoms with E-state index in [-0.39, 0.29) is 23.6 Å². The van der Waals surface area contributed by atoms with E-state index in [4.69, 9.17) is 24.7 Å². The molecule has 7 heteroatoms. The van der Waals surface area contributed by atoms with Crippen LogP contribution in [0.3, 0.4) is 0 Å². The molecule has 1 aromatic rings. The van der Waals surface area contributed by atoms with Crippen molar-refractivity contribution in [3.8, 4) is 17.6 Å². The maximum absolute atomic E-state index is 12.5. The van der Waals surface area contributed by atoms with E-state index in [1.165, 1.54) is 0 Å². The van der Waals surface area contributed by atoms with Crippen LogP contribution in [0.4, 0.5) is 0 Å². The number of hydrogen-bond acceptors (Lipinski definition) is 7. The first-order valence-electron chi connectivity index (χ1n) is 7.91. The Morgan fingerprint density at radius 3 is 2.76 bits per heavy atom. The molecule has 0 amide bonds. The van der Waals surface area contributed by atoms with Crippen LogP contribution in [0.1, 0.15) is 25.3 Å². The second kappa shape index (κ2) is 6.77. The van der Waals surface area contributed by atoms with Gasteiger partial charge in [-0.05, 0) is 31.5 Å². The molecule has 130 valence electrons. The zero-order valence-electron chi connectivity index (χ0n) is 14.0. The van der Waals surface area contributed by atoms with Crippen LogP contribution in [0.15, 0.2) is 41.0 Å². The Kier molecular flexibility index (Phi) is 4.52. The summed E-state index contributed by atoms with van der Waals surface area (Å²) in [5.41, 5.74) is 6.96. The van der Waals surface area contributed by atoms with Crippen molar-refractivity contribution in [2.75, 3.05) is 19.8 Å². The van der Waals surface area contributed by atoms with Crippen LogP contribution in [-0.4, -0.2) is 25.8 Å². The Hall–Kier alpha value is -3.14. The lowest BCUT2D eigenvalue weighted by molar-refractivity contribution is -0.139. The second-order valence-corrected chi connectivity index (χ2v) is 5.52. The number of nitriles is 1. The number of nitrogens with zero attached hydrogens (tertiary/aromatic N) is 1. The molecule has 1 atom stereocenters. The third-order valence-electron chi connectivity index (χ3n) is 4.00. The molecule has 0 bridgehead atoms. The number of hydrogen-bond donors (Lipinski definition) is 1. The van der Waals surface area contributed by atoms with E-state index in [9.17, 15) is 10.1 Å². The number of carbonyl (C=O) groups is 1. The van der Waals surface area contributed by atoms with E-state index in [0.29, 0.717) is 36.0 Å². The van der Waals surface area contributed by atoms with Crippen molar-refractivity contribution in [3.05, 3.63) is 46.6 Å². The molecular weight excluding hydrogens is 324 g/mol. The molecule has 2 aliphatic rings. The van der Waals surface area contributed by atoms with Gasteiger partial charge in [-0.15, -0.1) is 0 Å². The molecule has 1 aromatic carbocycles. The van der Waals surface area contributed by atoms with Crippen molar-refractivity contribution < 1.29 is 23.7 Å². The van der Waals surface area contributed by atoms with Gasteiger partial charge in [0.1, 0.15) is 30.6 Å². The molecule has 0 spiro atoms. The van der Waals surface area contributed by atoms with Crippen LogP contribution in [0.5, 0.6) is 11.5 Å². The highest BCUT2D eigenvalue weighted by atomic mass is 16.6. The summed E-state index contributed by atoms with van der Waals surface area (Å²) in [5, 5.41) is 9.55. The molecule has 0 aromatic heterocycles. The minimum Gasteiger partial charge on any atom is -0.486 e.